The molecule has 1 aromatic carbocycles. The molecule has 1 aliphatic heterocycles. The molecule has 1 aliphatic rings. The third-order valence-electron chi connectivity index (χ3n) is 3.28. The Morgan fingerprint density at radius 2 is 2.00 bits per heavy atom. The van der Waals surface area contributed by atoms with E-state index >= 15 is 0 Å². The van der Waals surface area contributed by atoms with Gasteiger partial charge in [0.05, 0.1) is 15.7 Å². The number of pyridine rings is 1. The fraction of sp³-hybridized carbons (Fsp3) is 0.286. The van der Waals surface area contributed by atoms with Gasteiger partial charge in [0.1, 0.15) is 0 Å². The molecule has 4 heteroatoms. The predicted octanol–water partition coefficient (Wildman–Crippen LogP) is 4.46. The van der Waals surface area contributed by atoms with Crippen molar-refractivity contribution in [1.82, 2.24) is 4.98 Å². The number of halogens is 2. The van der Waals surface area contributed by atoms with Gasteiger partial charge in [0.15, 0.2) is 0 Å². The molecule has 0 atom stereocenters. The van der Waals surface area contributed by atoms with Gasteiger partial charge in [0.25, 0.3) is 0 Å². The second kappa shape index (κ2) is 5.06. The molecule has 1 fully saturated rings. The number of anilines is 1. The molecule has 3 rings (SSSR count). The molecule has 1 saturated heterocycles. The molecule has 2 aromatic rings. The topological polar surface area (TPSA) is 16.1 Å². The van der Waals surface area contributed by atoms with Crippen molar-refractivity contribution in [3.8, 4) is 0 Å². The largest absolute Gasteiger partial charge is 0.370 e. The van der Waals surface area contributed by atoms with Crippen LogP contribution in [0.3, 0.4) is 0 Å². The minimum atomic E-state index is 0.757. The Bertz CT molecular complexity index is 574. The van der Waals surface area contributed by atoms with Crippen LogP contribution in [0.4, 0.5) is 5.69 Å². The maximum atomic E-state index is 6.11. The zero-order valence-electron chi connectivity index (χ0n) is 9.87. The Morgan fingerprint density at radius 1 is 1.22 bits per heavy atom. The summed E-state index contributed by atoms with van der Waals surface area (Å²) in [5.74, 6) is 0. The van der Waals surface area contributed by atoms with E-state index in [9.17, 15) is 0 Å². The van der Waals surface area contributed by atoms with Crippen molar-refractivity contribution in [2.45, 2.75) is 12.8 Å². The fourth-order valence-corrected chi connectivity index (χ4v) is 3.16. The Labute approximate surface area is 120 Å². The van der Waals surface area contributed by atoms with Crippen molar-refractivity contribution < 1.29 is 0 Å². The van der Waals surface area contributed by atoms with Crippen molar-refractivity contribution in [2.24, 2.45) is 0 Å². The molecule has 0 bridgehead atoms. The lowest BCUT2D eigenvalue weighted by molar-refractivity contribution is 0.679. The summed E-state index contributed by atoms with van der Waals surface area (Å²) >= 11 is 9.73. The standard InChI is InChI=1S/C14H13BrClN2/c15-12-9-17-13-5-4-10(16)8-11(13)14(12)18-6-2-1-3-7-18/h1,4-5,8-9H,2-3,6-7H2. The van der Waals surface area contributed by atoms with E-state index in [1.807, 2.05) is 24.4 Å². The van der Waals surface area contributed by atoms with Crippen LogP contribution in [-0.2, 0) is 0 Å². The van der Waals surface area contributed by atoms with Gasteiger partial charge in [0.2, 0.25) is 0 Å². The smallest absolute Gasteiger partial charge is 0.0724 e. The molecule has 0 aliphatic carbocycles. The summed E-state index contributed by atoms with van der Waals surface area (Å²) in [6.07, 6.45) is 6.50. The molecule has 18 heavy (non-hydrogen) atoms. The fourth-order valence-electron chi connectivity index (χ4n) is 2.42. The van der Waals surface area contributed by atoms with Gasteiger partial charge in [0, 0.05) is 29.7 Å². The van der Waals surface area contributed by atoms with Crippen molar-refractivity contribution in [3.63, 3.8) is 0 Å². The quantitative estimate of drug-likeness (QED) is 0.770. The Balaban J connectivity index is 2.18. The average molecular weight is 325 g/mol. The zero-order chi connectivity index (χ0) is 12.5. The van der Waals surface area contributed by atoms with Crippen LogP contribution >= 0.6 is 27.5 Å². The van der Waals surface area contributed by atoms with Crippen LogP contribution < -0.4 is 4.90 Å². The van der Waals surface area contributed by atoms with E-state index < -0.39 is 0 Å². The second-order valence-electron chi connectivity index (χ2n) is 4.47. The van der Waals surface area contributed by atoms with E-state index in [1.54, 1.807) is 0 Å². The maximum absolute atomic E-state index is 6.11. The van der Waals surface area contributed by atoms with Crippen LogP contribution in [0.25, 0.3) is 10.9 Å². The average Bonchev–Trinajstić information content (AvgIpc) is 2.39. The van der Waals surface area contributed by atoms with E-state index in [2.05, 4.69) is 32.2 Å². The van der Waals surface area contributed by atoms with Crippen molar-refractivity contribution in [3.05, 3.63) is 40.3 Å². The summed E-state index contributed by atoms with van der Waals surface area (Å²) in [6.45, 7) is 2.12. The van der Waals surface area contributed by atoms with Gasteiger partial charge in [-0.05, 0) is 53.4 Å². The normalized spacial score (nSPS) is 16.2. The molecule has 0 saturated carbocycles. The number of piperidine rings is 1. The van der Waals surface area contributed by atoms with Gasteiger partial charge in [-0.2, -0.15) is 0 Å². The molecular weight excluding hydrogens is 312 g/mol. The van der Waals surface area contributed by atoms with Gasteiger partial charge in [-0.15, -0.1) is 0 Å². The van der Waals surface area contributed by atoms with E-state index in [-0.39, 0.29) is 0 Å². The summed E-state index contributed by atoms with van der Waals surface area (Å²) < 4.78 is 1.04. The van der Waals surface area contributed by atoms with E-state index in [0.717, 1.165) is 46.3 Å². The summed E-state index contributed by atoms with van der Waals surface area (Å²) in [5, 5.41) is 1.88. The van der Waals surface area contributed by atoms with Crippen LogP contribution in [0.15, 0.2) is 28.9 Å². The molecule has 93 valence electrons. The van der Waals surface area contributed by atoms with Crippen molar-refractivity contribution in [1.29, 1.82) is 0 Å². The maximum Gasteiger partial charge on any atom is 0.0724 e. The van der Waals surface area contributed by atoms with Crippen LogP contribution in [0.5, 0.6) is 0 Å². The van der Waals surface area contributed by atoms with E-state index in [1.165, 1.54) is 5.69 Å². The Morgan fingerprint density at radius 3 is 2.78 bits per heavy atom. The molecule has 0 unspecified atom stereocenters. The van der Waals surface area contributed by atoms with Gasteiger partial charge in [-0.3, -0.25) is 4.98 Å². The molecule has 2 heterocycles. The second-order valence-corrected chi connectivity index (χ2v) is 5.76. The predicted molar refractivity (Wildman–Crippen MR) is 80.2 cm³/mol. The molecule has 0 amide bonds. The SMILES string of the molecule is Clc1ccc2ncc(Br)c(N3CC[CH]CC3)c2c1. The highest BCUT2D eigenvalue weighted by Gasteiger charge is 2.17. The van der Waals surface area contributed by atoms with Crippen LogP contribution in [-0.4, -0.2) is 18.1 Å². The molecule has 1 aromatic heterocycles. The highest BCUT2D eigenvalue weighted by molar-refractivity contribution is 9.10. The number of hydrogen-bond acceptors (Lipinski definition) is 2. The van der Waals surface area contributed by atoms with E-state index in [4.69, 9.17) is 11.6 Å². The minimum Gasteiger partial charge on any atom is -0.370 e. The zero-order valence-corrected chi connectivity index (χ0v) is 12.2. The highest BCUT2D eigenvalue weighted by atomic mass is 79.9. The summed E-state index contributed by atoms with van der Waals surface area (Å²) in [4.78, 5) is 6.84. The molecule has 0 N–H and O–H groups in total. The third kappa shape index (κ3) is 2.21. The number of fused-ring (bicyclic) bond motifs is 1. The highest BCUT2D eigenvalue weighted by Crippen LogP contribution is 2.35. The first-order valence-corrected chi connectivity index (χ1v) is 7.23. The number of aromatic nitrogens is 1. The molecule has 0 spiro atoms. The van der Waals surface area contributed by atoms with Gasteiger partial charge < -0.3 is 4.90 Å². The van der Waals surface area contributed by atoms with Crippen LogP contribution in [0.1, 0.15) is 12.8 Å². The van der Waals surface area contributed by atoms with Gasteiger partial charge in [-0.25, -0.2) is 0 Å². The summed E-state index contributed by atoms with van der Waals surface area (Å²) in [5.41, 5.74) is 2.21. The van der Waals surface area contributed by atoms with E-state index in [0.29, 0.717) is 0 Å². The monoisotopic (exact) mass is 323 g/mol. The van der Waals surface area contributed by atoms with Gasteiger partial charge in [-0.1, -0.05) is 11.6 Å². The summed E-state index contributed by atoms with van der Waals surface area (Å²) in [7, 11) is 0. The third-order valence-corrected chi connectivity index (χ3v) is 4.09. The number of rotatable bonds is 1. The molecular formula is C14H13BrClN2. The van der Waals surface area contributed by atoms with Crippen molar-refractivity contribution in [2.75, 3.05) is 18.0 Å². The van der Waals surface area contributed by atoms with Crippen LogP contribution in [0.2, 0.25) is 5.02 Å². The lowest BCUT2D eigenvalue weighted by Crippen LogP contribution is -2.30. The first kappa shape index (κ1) is 12.2. The van der Waals surface area contributed by atoms with Crippen LogP contribution in [0, 0.1) is 6.42 Å². The number of nitrogens with zero attached hydrogens (tertiary/aromatic N) is 2. The minimum absolute atomic E-state index is 0.757. The molecule has 1 radical (unpaired) electrons. The first-order valence-electron chi connectivity index (χ1n) is 6.06. The van der Waals surface area contributed by atoms with Crippen molar-refractivity contribution >= 4 is 44.1 Å². The number of benzene rings is 1. The molecule has 2 nitrogen and oxygen atoms in total. The Kier molecular flexibility index (Phi) is 3.44. The lowest BCUT2D eigenvalue weighted by atomic mass is 10.1. The number of hydrogen-bond donors (Lipinski definition) is 0. The summed E-state index contributed by atoms with van der Waals surface area (Å²) in [6, 6.07) is 5.87. The Hall–Kier alpha value is -0.800. The first-order chi connectivity index (χ1) is 8.75. The van der Waals surface area contributed by atoms with Gasteiger partial charge >= 0.3 is 0 Å². The lowest BCUT2D eigenvalue weighted by Gasteiger charge is -2.30.